The van der Waals surface area contributed by atoms with E-state index in [2.05, 4.69) is 0 Å². The molecular formula is C16H18O4S. The van der Waals surface area contributed by atoms with Crippen molar-refractivity contribution in [3.8, 4) is 0 Å². The molecule has 2 aromatic rings. The molecule has 0 atom stereocenters. The summed E-state index contributed by atoms with van der Waals surface area (Å²) in [6, 6.07) is 9.59. The molecule has 1 aromatic heterocycles. The highest BCUT2D eigenvalue weighted by molar-refractivity contribution is 7.20. The van der Waals surface area contributed by atoms with Gasteiger partial charge in [-0.2, -0.15) is 0 Å². The summed E-state index contributed by atoms with van der Waals surface area (Å²) in [6.45, 7) is 4.31. The zero-order valence-corrected chi connectivity index (χ0v) is 12.9. The van der Waals surface area contributed by atoms with Gasteiger partial charge in [0.15, 0.2) is 11.6 Å². The molecule has 0 aliphatic heterocycles. The van der Waals surface area contributed by atoms with E-state index in [1.54, 1.807) is 13.8 Å². The molecule has 1 heterocycles. The van der Waals surface area contributed by atoms with E-state index in [1.165, 1.54) is 11.3 Å². The Hall–Kier alpha value is -1.56. The highest BCUT2D eigenvalue weighted by Gasteiger charge is 2.23. The maximum atomic E-state index is 12.2. The molecule has 0 fully saturated rings. The van der Waals surface area contributed by atoms with Crippen LogP contribution in [0.15, 0.2) is 30.3 Å². The fraction of sp³-hybridized carbons (Fsp3) is 0.375. The van der Waals surface area contributed by atoms with Gasteiger partial charge in [0.25, 0.3) is 0 Å². The van der Waals surface area contributed by atoms with Crippen molar-refractivity contribution in [1.82, 2.24) is 0 Å². The largest absolute Gasteiger partial charge is 0.346 e. The monoisotopic (exact) mass is 306 g/mol. The molecule has 0 N–H and O–H groups in total. The van der Waals surface area contributed by atoms with Gasteiger partial charge in [-0.25, -0.2) is 0 Å². The van der Waals surface area contributed by atoms with Gasteiger partial charge < -0.3 is 9.47 Å². The van der Waals surface area contributed by atoms with E-state index in [9.17, 15) is 9.59 Å². The number of fused-ring (bicyclic) bond motifs is 1. The van der Waals surface area contributed by atoms with Crippen LogP contribution >= 0.6 is 11.3 Å². The lowest BCUT2D eigenvalue weighted by Gasteiger charge is -2.14. The first-order valence-electron chi connectivity index (χ1n) is 6.93. The molecule has 0 bridgehead atoms. The number of benzene rings is 1. The van der Waals surface area contributed by atoms with Crippen molar-refractivity contribution in [2.24, 2.45) is 0 Å². The Morgan fingerprint density at radius 2 is 1.81 bits per heavy atom. The summed E-state index contributed by atoms with van der Waals surface area (Å²) in [4.78, 5) is 24.9. The summed E-state index contributed by atoms with van der Waals surface area (Å²) in [7, 11) is 0. The minimum atomic E-state index is -0.946. The summed E-state index contributed by atoms with van der Waals surface area (Å²) in [5.74, 6) is -0.522. The van der Waals surface area contributed by atoms with Crippen LogP contribution < -0.4 is 0 Å². The van der Waals surface area contributed by atoms with Crippen molar-refractivity contribution in [2.45, 2.75) is 26.6 Å². The van der Waals surface area contributed by atoms with Gasteiger partial charge in [-0.15, -0.1) is 11.3 Å². The first-order chi connectivity index (χ1) is 10.2. The van der Waals surface area contributed by atoms with Crippen LogP contribution in [-0.2, 0) is 14.3 Å². The Bertz CT molecular complexity index is 593. The third-order valence-electron chi connectivity index (χ3n) is 2.93. The highest BCUT2D eigenvalue weighted by Crippen LogP contribution is 2.26. The Balaban J connectivity index is 2.07. The van der Waals surface area contributed by atoms with Crippen molar-refractivity contribution in [3.05, 3.63) is 35.2 Å². The standard InChI is InChI=1S/C16H18O4S/c1-3-19-16(20-4-2)13(18)10-12(17)15-9-11-7-5-6-8-14(11)21-15/h5-9,16H,3-4,10H2,1-2H3. The fourth-order valence-electron chi connectivity index (χ4n) is 1.98. The van der Waals surface area contributed by atoms with Crippen LogP contribution in [0.1, 0.15) is 29.9 Å². The van der Waals surface area contributed by atoms with Gasteiger partial charge in [0.1, 0.15) is 0 Å². The molecule has 0 saturated heterocycles. The first-order valence-corrected chi connectivity index (χ1v) is 7.75. The van der Waals surface area contributed by atoms with Gasteiger partial charge in [0, 0.05) is 17.9 Å². The summed E-state index contributed by atoms with van der Waals surface area (Å²) >= 11 is 1.40. The van der Waals surface area contributed by atoms with E-state index >= 15 is 0 Å². The number of hydrogen-bond donors (Lipinski definition) is 0. The van der Waals surface area contributed by atoms with Crippen LogP contribution in [0.4, 0.5) is 0 Å². The van der Waals surface area contributed by atoms with Gasteiger partial charge in [-0.1, -0.05) is 18.2 Å². The first kappa shape index (κ1) is 15.8. The number of ether oxygens (including phenoxy) is 2. The van der Waals surface area contributed by atoms with Crippen LogP contribution in [0.25, 0.3) is 10.1 Å². The summed E-state index contributed by atoms with van der Waals surface area (Å²) in [6.07, 6.45) is -1.14. The normalized spacial score (nSPS) is 11.2. The quantitative estimate of drug-likeness (QED) is 0.426. The van der Waals surface area contributed by atoms with Crippen molar-refractivity contribution < 1.29 is 19.1 Å². The van der Waals surface area contributed by atoms with Crippen LogP contribution in [0, 0.1) is 0 Å². The minimum Gasteiger partial charge on any atom is -0.346 e. The molecular weight excluding hydrogens is 288 g/mol. The van der Waals surface area contributed by atoms with Gasteiger partial charge in [-0.3, -0.25) is 9.59 Å². The van der Waals surface area contributed by atoms with Crippen LogP contribution in [-0.4, -0.2) is 31.1 Å². The Morgan fingerprint density at radius 1 is 1.14 bits per heavy atom. The van der Waals surface area contributed by atoms with E-state index < -0.39 is 6.29 Å². The van der Waals surface area contributed by atoms with Crippen molar-refractivity contribution in [3.63, 3.8) is 0 Å². The third kappa shape index (κ3) is 3.97. The van der Waals surface area contributed by atoms with Crippen LogP contribution in [0.2, 0.25) is 0 Å². The predicted octanol–water partition coefficient (Wildman–Crippen LogP) is 3.44. The molecule has 0 spiro atoms. The van der Waals surface area contributed by atoms with E-state index in [0.29, 0.717) is 18.1 Å². The highest BCUT2D eigenvalue weighted by atomic mass is 32.1. The second-order valence-electron chi connectivity index (χ2n) is 4.46. The lowest BCUT2D eigenvalue weighted by molar-refractivity contribution is -0.166. The molecule has 21 heavy (non-hydrogen) atoms. The van der Waals surface area contributed by atoms with Crippen LogP contribution in [0.3, 0.4) is 0 Å². The number of rotatable bonds is 8. The zero-order valence-electron chi connectivity index (χ0n) is 12.1. The molecule has 4 nitrogen and oxygen atoms in total. The van der Waals surface area contributed by atoms with Crippen molar-refractivity contribution >= 4 is 33.0 Å². The molecule has 112 valence electrons. The van der Waals surface area contributed by atoms with Crippen molar-refractivity contribution in [2.75, 3.05) is 13.2 Å². The number of carbonyl (C=O) groups excluding carboxylic acids is 2. The lowest BCUT2D eigenvalue weighted by atomic mass is 10.1. The van der Waals surface area contributed by atoms with Gasteiger partial charge in [-0.05, 0) is 31.4 Å². The molecule has 0 saturated carbocycles. The van der Waals surface area contributed by atoms with Gasteiger partial charge in [0.2, 0.25) is 6.29 Å². The summed E-state index contributed by atoms with van der Waals surface area (Å²) in [5.41, 5.74) is 0. The molecule has 0 radical (unpaired) electrons. The summed E-state index contributed by atoms with van der Waals surface area (Å²) < 4.78 is 11.5. The Labute approximate surface area is 127 Å². The zero-order chi connectivity index (χ0) is 15.2. The SMILES string of the molecule is CCOC(OCC)C(=O)CC(=O)c1cc2ccccc2s1. The van der Waals surface area contributed by atoms with Gasteiger partial charge >= 0.3 is 0 Å². The van der Waals surface area contributed by atoms with E-state index in [0.717, 1.165) is 10.1 Å². The molecule has 2 rings (SSSR count). The second-order valence-corrected chi connectivity index (χ2v) is 5.54. The number of hydrogen-bond acceptors (Lipinski definition) is 5. The van der Waals surface area contributed by atoms with Crippen LogP contribution in [0.5, 0.6) is 0 Å². The van der Waals surface area contributed by atoms with Gasteiger partial charge in [0.05, 0.1) is 11.3 Å². The lowest BCUT2D eigenvalue weighted by Crippen LogP contribution is -2.29. The second kappa shape index (κ2) is 7.45. The number of carbonyl (C=O) groups is 2. The predicted molar refractivity (Wildman–Crippen MR) is 82.8 cm³/mol. The maximum absolute atomic E-state index is 12.2. The minimum absolute atomic E-state index is 0.189. The molecule has 5 heteroatoms. The molecule has 1 aromatic carbocycles. The Morgan fingerprint density at radius 3 is 2.43 bits per heavy atom. The molecule has 0 aliphatic rings. The number of thiophene rings is 1. The molecule has 0 aliphatic carbocycles. The summed E-state index contributed by atoms with van der Waals surface area (Å²) in [5, 5.41) is 1.02. The Kier molecular flexibility index (Phi) is 5.61. The fourth-order valence-corrected chi connectivity index (χ4v) is 2.98. The molecule has 0 amide bonds. The topological polar surface area (TPSA) is 52.6 Å². The number of Topliss-reactive ketones (excluding diaryl/α,β-unsaturated/α-hetero) is 2. The van der Waals surface area contributed by atoms with E-state index in [4.69, 9.17) is 9.47 Å². The smallest absolute Gasteiger partial charge is 0.218 e. The van der Waals surface area contributed by atoms with E-state index in [1.807, 2.05) is 30.3 Å². The maximum Gasteiger partial charge on any atom is 0.218 e. The molecule has 0 unspecified atom stereocenters. The average Bonchev–Trinajstić information content (AvgIpc) is 2.91. The average molecular weight is 306 g/mol. The third-order valence-corrected chi connectivity index (χ3v) is 4.09. The van der Waals surface area contributed by atoms with Crippen molar-refractivity contribution in [1.29, 1.82) is 0 Å². The van der Waals surface area contributed by atoms with E-state index in [-0.39, 0.29) is 18.0 Å². The number of ketones is 2.